The number of anilines is 1. The van der Waals surface area contributed by atoms with Crippen molar-refractivity contribution in [1.29, 1.82) is 0 Å². The summed E-state index contributed by atoms with van der Waals surface area (Å²) in [5.41, 5.74) is 5.01. The summed E-state index contributed by atoms with van der Waals surface area (Å²) in [6, 6.07) is -0.728. The van der Waals surface area contributed by atoms with E-state index in [0.29, 0.717) is 0 Å². The van der Waals surface area contributed by atoms with E-state index in [4.69, 9.17) is 15.2 Å². The van der Waals surface area contributed by atoms with Crippen LogP contribution in [-0.4, -0.2) is 58.3 Å². The van der Waals surface area contributed by atoms with E-state index in [1.54, 1.807) is 0 Å². The molecule has 2 aromatic heterocycles. The molecular formula is C12H17N5Na4O9P2. The molecule has 0 aliphatic carbocycles. The van der Waals surface area contributed by atoms with Crippen LogP contribution in [0.3, 0.4) is 0 Å². The zero-order valence-electron chi connectivity index (χ0n) is 18.4. The van der Waals surface area contributed by atoms with Gasteiger partial charge in [-0.2, -0.15) is 4.98 Å². The standard InChI is InChI=1S/C12H21N5O9P2.4Na/c13-12-15-10-9(11(18)16-12)14-7-17(10)8(5-25-1-3-27(19,20)21)6-26-2-4-28(22,23)24;;;;/h7-8H,1-6H2,(H2,19,20,21)(H2,22,23,24)(H3,13,15,16,18);;;;/q;4*+1/p-4. The quantitative estimate of drug-likeness (QED) is 0.157. The molecule has 0 radical (unpaired) electrons. The van der Waals surface area contributed by atoms with Crippen LogP contribution in [0.5, 0.6) is 0 Å². The summed E-state index contributed by atoms with van der Waals surface area (Å²) in [6.07, 6.45) is -0.181. The van der Waals surface area contributed by atoms with Crippen molar-refractivity contribution in [2.75, 3.05) is 44.5 Å². The molecule has 14 nitrogen and oxygen atoms in total. The molecule has 32 heavy (non-hydrogen) atoms. The Bertz CT molecular complexity index is 936. The predicted octanol–water partition coefficient (Wildman–Crippen LogP) is -15.9. The van der Waals surface area contributed by atoms with E-state index < -0.39 is 39.1 Å². The van der Waals surface area contributed by atoms with Gasteiger partial charge < -0.3 is 48.5 Å². The third-order valence-corrected chi connectivity index (χ3v) is 4.94. The second-order valence-electron chi connectivity index (χ2n) is 5.75. The Labute approximate surface area is 271 Å². The third kappa shape index (κ3) is 14.2. The van der Waals surface area contributed by atoms with Crippen LogP contribution < -0.4 is 149 Å². The van der Waals surface area contributed by atoms with E-state index in [0.717, 1.165) is 0 Å². The van der Waals surface area contributed by atoms with E-state index in [1.807, 2.05) is 0 Å². The van der Waals surface area contributed by atoms with Crippen LogP contribution >= 0.6 is 15.2 Å². The van der Waals surface area contributed by atoms with Crippen LogP contribution in [0.4, 0.5) is 5.95 Å². The van der Waals surface area contributed by atoms with Crippen LogP contribution in [0.1, 0.15) is 6.04 Å². The first-order valence-corrected chi connectivity index (χ1v) is 11.3. The van der Waals surface area contributed by atoms with Gasteiger partial charge in [0.1, 0.15) is 0 Å². The Morgan fingerprint density at radius 1 is 1.00 bits per heavy atom. The predicted molar refractivity (Wildman–Crippen MR) is 88.2 cm³/mol. The normalized spacial score (nSPS) is 11.3. The van der Waals surface area contributed by atoms with Gasteiger partial charge in [-0.3, -0.25) is 9.78 Å². The largest absolute Gasteiger partial charge is 1.00 e. The van der Waals surface area contributed by atoms with Gasteiger partial charge in [0.25, 0.3) is 5.56 Å². The SMILES string of the molecule is Nc1nc2c(ncn2C(COCCP(=O)([O-])[O-])COCCP(=O)([O-])[O-])c(=O)[nH]1.[Na+].[Na+].[Na+].[Na+]. The molecular weight excluding hydrogens is 512 g/mol. The fourth-order valence-corrected chi connectivity index (χ4v) is 2.92. The van der Waals surface area contributed by atoms with E-state index in [2.05, 4.69) is 15.0 Å². The second kappa shape index (κ2) is 17.8. The molecule has 0 fully saturated rings. The van der Waals surface area contributed by atoms with E-state index >= 15 is 0 Å². The van der Waals surface area contributed by atoms with E-state index in [-0.39, 0.29) is 162 Å². The molecule has 0 bridgehead atoms. The molecule has 0 saturated heterocycles. The number of ether oxygens (including phenoxy) is 2. The van der Waals surface area contributed by atoms with Crippen LogP contribution in [0.2, 0.25) is 0 Å². The van der Waals surface area contributed by atoms with Gasteiger partial charge in [-0.1, -0.05) is 15.2 Å². The number of aromatic nitrogens is 4. The fraction of sp³-hybridized carbons (Fsp3) is 0.583. The average molecular weight is 529 g/mol. The van der Waals surface area contributed by atoms with Gasteiger partial charge in [0.2, 0.25) is 5.95 Å². The molecule has 2 aromatic rings. The first-order valence-electron chi connectivity index (χ1n) is 7.86. The number of hydrogen-bond donors (Lipinski definition) is 2. The topological polar surface area (TPSA) is 234 Å². The zero-order valence-corrected chi connectivity index (χ0v) is 28.2. The van der Waals surface area contributed by atoms with Crippen molar-refractivity contribution in [3.05, 3.63) is 16.7 Å². The van der Waals surface area contributed by atoms with Gasteiger partial charge in [0.05, 0.1) is 38.8 Å². The molecule has 20 heteroatoms. The van der Waals surface area contributed by atoms with Gasteiger partial charge in [0, 0.05) is 0 Å². The number of fused-ring (bicyclic) bond motifs is 1. The molecule has 3 N–H and O–H groups in total. The molecule has 0 atom stereocenters. The van der Waals surface area contributed by atoms with Crippen LogP contribution in [0.15, 0.2) is 11.1 Å². The van der Waals surface area contributed by atoms with Crippen LogP contribution in [0.25, 0.3) is 11.2 Å². The van der Waals surface area contributed by atoms with Crippen LogP contribution in [0, 0.1) is 0 Å². The summed E-state index contributed by atoms with van der Waals surface area (Å²) in [5.74, 6) is -0.169. The molecule has 158 valence electrons. The first-order chi connectivity index (χ1) is 13.0. The van der Waals surface area contributed by atoms with Crippen LogP contribution in [-0.2, 0) is 18.6 Å². The second-order valence-corrected chi connectivity index (χ2v) is 9.09. The minimum atomic E-state index is -4.73. The summed E-state index contributed by atoms with van der Waals surface area (Å²) in [5, 5.41) is 0. The zero-order chi connectivity index (χ0) is 20.9. The van der Waals surface area contributed by atoms with Crippen molar-refractivity contribution in [3.8, 4) is 0 Å². The van der Waals surface area contributed by atoms with Crippen molar-refractivity contribution < 1.29 is 156 Å². The van der Waals surface area contributed by atoms with Gasteiger partial charge in [-0.25, -0.2) is 4.98 Å². The molecule has 0 amide bonds. The van der Waals surface area contributed by atoms with Crippen molar-refractivity contribution in [2.45, 2.75) is 6.04 Å². The van der Waals surface area contributed by atoms with Gasteiger partial charge in [-0.15, -0.1) is 0 Å². The Hall–Kier alpha value is 2.37. The van der Waals surface area contributed by atoms with Crippen molar-refractivity contribution in [3.63, 3.8) is 0 Å². The molecule has 0 aromatic carbocycles. The summed E-state index contributed by atoms with van der Waals surface area (Å²) < 4.78 is 33.1. The molecule has 2 rings (SSSR count). The number of hydrogen-bond acceptors (Lipinski definition) is 12. The van der Waals surface area contributed by atoms with E-state index in [9.17, 15) is 33.5 Å². The Kier molecular flexibility index (Phi) is 21.6. The summed E-state index contributed by atoms with van der Waals surface area (Å²) >= 11 is 0. The smallest absolute Gasteiger partial charge is 0.811 e. The van der Waals surface area contributed by atoms with Gasteiger partial charge in [-0.05, 0) is 12.3 Å². The summed E-state index contributed by atoms with van der Waals surface area (Å²) in [6.45, 7) is -1.10. The minimum Gasteiger partial charge on any atom is -0.811 e. The van der Waals surface area contributed by atoms with Gasteiger partial charge >= 0.3 is 118 Å². The number of H-pyrrole nitrogens is 1. The summed E-state index contributed by atoms with van der Waals surface area (Å²) in [4.78, 5) is 64.7. The molecule has 0 saturated carbocycles. The average Bonchev–Trinajstić information content (AvgIpc) is 2.95. The van der Waals surface area contributed by atoms with Crippen molar-refractivity contribution >= 4 is 32.3 Å². The Balaban J connectivity index is -0.00000210. The first kappa shape index (κ1) is 38.9. The number of imidazole rings is 1. The third-order valence-electron chi connectivity index (χ3n) is 3.48. The molecule has 2 heterocycles. The monoisotopic (exact) mass is 529 g/mol. The number of rotatable bonds is 11. The molecule has 0 aliphatic heterocycles. The van der Waals surface area contributed by atoms with Gasteiger partial charge in [0.15, 0.2) is 11.2 Å². The molecule has 0 unspecified atom stereocenters. The number of nitrogens with two attached hydrogens (primary N) is 1. The van der Waals surface area contributed by atoms with Crippen molar-refractivity contribution in [2.24, 2.45) is 0 Å². The summed E-state index contributed by atoms with van der Waals surface area (Å²) in [7, 11) is -9.47. The Morgan fingerprint density at radius 2 is 1.47 bits per heavy atom. The number of nitrogens with one attached hydrogen (secondary N) is 1. The fourth-order valence-electron chi connectivity index (χ4n) is 2.21. The van der Waals surface area contributed by atoms with E-state index in [1.165, 1.54) is 10.9 Å². The maximum Gasteiger partial charge on any atom is 1.00 e. The Morgan fingerprint density at radius 3 is 1.91 bits per heavy atom. The molecule has 0 aliphatic rings. The maximum atomic E-state index is 11.9. The van der Waals surface area contributed by atoms with Crippen molar-refractivity contribution in [1.82, 2.24) is 19.5 Å². The maximum absolute atomic E-state index is 11.9. The number of nitrogen functional groups attached to an aromatic ring is 1. The number of nitrogens with zero attached hydrogens (tertiary/aromatic N) is 3. The molecule has 0 spiro atoms. The minimum absolute atomic E-state index is 0. The number of aromatic amines is 1.